The zero-order chi connectivity index (χ0) is 12.1. The smallest absolute Gasteiger partial charge is 0.148 e. The zero-order valence-corrected chi connectivity index (χ0v) is 10.9. The van der Waals surface area contributed by atoms with Gasteiger partial charge in [-0.05, 0) is 37.2 Å². The van der Waals surface area contributed by atoms with Crippen molar-refractivity contribution in [2.75, 3.05) is 28.8 Å². The van der Waals surface area contributed by atoms with Crippen molar-refractivity contribution < 1.29 is 0 Å². The van der Waals surface area contributed by atoms with Gasteiger partial charge in [-0.3, -0.25) is 0 Å². The molecule has 0 saturated carbocycles. The summed E-state index contributed by atoms with van der Waals surface area (Å²) in [4.78, 5) is 8.31. The summed E-state index contributed by atoms with van der Waals surface area (Å²) in [6.45, 7) is 2.96. The topological polar surface area (TPSA) is 75.9 Å². The number of hydrazine groups is 1. The van der Waals surface area contributed by atoms with Crippen LogP contribution in [-0.4, -0.2) is 28.0 Å². The summed E-state index contributed by atoms with van der Waals surface area (Å²) in [5.74, 6) is 10.3. The second-order valence-corrected chi connectivity index (χ2v) is 5.50. The summed E-state index contributed by atoms with van der Waals surface area (Å²) in [5, 5.41) is 3.40. The molecule has 1 aliphatic heterocycles. The van der Waals surface area contributed by atoms with E-state index in [1.54, 1.807) is 0 Å². The molecule has 0 bridgehead atoms. The average Bonchev–Trinajstić information content (AvgIpc) is 2.39. The van der Waals surface area contributed by atoms with Crippen LogP contribution in [-0.2, 0) is 0 Å². The van der Waals surface area contributed by atoms with E-state index >= 15 is 0 Å². The first-order valence-electron chi connectivity index (χ1n) is 5.91. The number of aromatic nitrogens is 2. The number of thioether (sulfide) groups is 1. The van der Waals surface area contributed by atoms with Crippen LogP contribution in [0.15, 0.2) is 6.33 Å². The molecule has 1 saturated heterocycles. The Morgan fingerprint density at radius 3 is 2.76 bits per heavy atom. The Bertz CT molecular complexity index is 365. The number of nitrogens with two attached hydrogens (primary N) is 1. The molecular formula is C11H19N5S. The summed E-state index contributed by atoms with van der Waals surface area (Å²) in [6.07, 6.45) is 4.12. The average molecular weight is 253 g/mol. The molecule has 0 radical (unpaired) electrons. The van der Waals surface area contributed by atoms with Crippen molar-refractivity contribution >= 4 is 23.4 Å². The number of nitrogens with one attached hydrogen (secondary N) is 2. The zero-order valence-electron chi connectivity index (χ0n) is 10.1. The molecule has 0 spiro atoms. The number of hydrogen-bond acceptors (Lipinski definition) is 6. The van der Waals surface area contributed by atoms with Crippen LogP contribution < -0.4 is 16.6 Å². The lowest BCUT2D eigenvalue weighted by molar-refractivity contribution is 0.515. The fourth-order valence-electron chi connectivity index (χ4n) is 1.97. The van der Waals surface area contributed by atoms with E-state index in [0.717, 1.165) is 23.8 Å². The number of nitrogens with zero attached hydrogens (tertiary/aromatic N) is 2. The Morgan fingerprint density at radius 2 is 2.06 bits per heavy atom. The summed E-state index contributed by atoms with van der Waals surface area (Å²) in [7, 11) is 0. The first-order chi connectivity index (χ1) is 8.31. The van der Waals surface area contributed by atoms with Gasteiger partial charge in [0.2, 0.25) is 0 Å². The van der Waals surface area contributed by atoms with Crippen LogP contribution in [0.25, 0.3) is 0 Å². The highest BCUT2D eigenvalue weighted by Crippen LogP contribution is 2.24. The minimum absolute atomic E-state index is 0.682. The fraction of sp³-hybridized carbons (Fsp3) is 0.636. The molecule has 1 aromatic heterocycles. The highest BCUT2D eigenvalue weighted by atomic mass is 32.2. The van der Waals surface area contributed by atoms with E-state index in [2.05, 4.69) is 20.7 Å². The van der Waals surface area contributed by atoms with Crippen molar-refractivity contribution in [2.24, 2.45) is 11.8 Å². The third-order valence-corrected chi connectivity index (χ3v) is 4.17. The molecule has 2 rings (SSSR count). The van der Waals surface area contributed by atoms with Gasteiger partial charge < -0.3 is 10.7 Å². The van der Waals surface area contributed by atoms with Gasteiger partial charge in [0.25, 0.3) is 0 Å². The molecule has 6 heteroatoms. The van der Waals surface area contributed by atoms with Gasteiger partial charge in [-0.1, -0.05) is 0 Å². The van der Waals surface area contributed by atoms with E-state index in [4.69, 9.17) is 5.84 Å². The summed E-state index contributed by atoms with van der Waals surface area (Å²) in [5.41, 5.74) is 3.55. The lowest BCUT2D eigenvalue weighted by atomic mass is 10.0. The van der Waals surface area contributed by atoms with E-state index < -0.39 is 0 Å². The van der Waals surface area contributed by atoms with E-state index in [1.807, 2.05) is 18.7 Å². The molecule has 1 aliphatic rings. The normalized spacial score (nSPS) is 16.8. The maximum atomic E-state index is 5.39. The highest BCUT2D eigenvalue weighted by Gasteiger charge is 2.14. The van der Waals surface area contributed by atoms with E-state index in [-0.39, 0.29) is 0 Å². The molecule has 4 N–H and O–H groups in total. The largest absolute Gasteiger partial charge is 0.369 e. The Balaban J connectivity index is 1.93. The van der Waals surface area contributed by atoms with Crippen molar-refractivity contribution in [3.05, 3.63) is 11.9 Å². The third kappa shape index (κ3) is 3.23. The van der Waals surface area contributed by atoms with Crippen LogP contribution in [0.5, 0.6) is 0 Å². The second kappa shape index (κ2) is 6.07. The van der Waals surface area contributed by atoms with Gasteiger partial charge in [0.05, 0.1) is 0 Å². The second-order valence-electron chi connectivity index (χ2n) is 4.28. The molecule has 17 heavy (non-hydrogen) atoms. The van der Waals surface area contributed by atoms with Gasteiger partial charge in [-0.15, -0.1) is 0 Å². The van der Waals surface area contributed by atoms with E-state index in [1.165, 1.54) is 30.7 Å². The number of anilines is 2. The third-order valence-electron chi connectivity index (χ3n) is 3.12. The first-order valence-corrected chi connectivity index (χ1v) is 7.06. The van der Waals surface area contributed by atoms with Crippen molar-refractivity contribution in [1.82, 2.24) is 9.97 Å². The van der Waals surface area contributed by atoms with Crippen LogP contribution in [0.4, 0.5) is 11.6 Å². The molecule has 0 aliphatic carbocycles. The van der Waals surface area contributed by atoms with Crippen LogP contribution in [0.2, 0.25) is 0 Å². The van der Waals surface area contributed by atoms with Crippen LogP contribution in [0, 0.1) is 12.8 Å². The SMILES string of the molecule is Cc1c(NN)ncnc1NCC1CCSCC1. The molecule has 0 unspecified atom stereocenters. The van der Waals surface area contributed by atoms with Gasteiger partial charge in [-0.2, -0.15) is 11.8 Å². The van der Waals surface area contributed by atoms with E-state index in [9.17, 15) is 0 Å². The lowest BCUT2D eigenvalue weighted by Crippen LogP contribution is -2.20. The minimum atomic E-state index is 0.682. The Morgan fingerprint density at radius 1 is 1.35 bits per heavy atom. The predicted octanol–water partition coefficient (Wildman–Crippen LogP) is 1.63. The fourth-order valence-corrected chi connectivity index (χ4v) is 3.17. The van der Waals surface area contributed by atoms with E-state index in [0.29, 0.717) is 5.82 Å². The molecule has 2 heterocycles. The Labute approximate surface area is 106 Å². The van der Waals surface area contributed by atoms with Gasteiger partial charge in [0, 0.05) is 12.1 Å². The van der Waals surface area contributed by atoms with Crippen molar-refractivity contribution in [3.63, 3.8) is 0 Å². The maximum absolute atomic E-state index is 5.39. The quantitative estimate of drug-likeness (QED) is 0.559. The predicted molar refractivity (Wildman–Crippen MR) is 73.1 cm³/mol. The summed E-state index contributed by atoms with van der Waals surface area (Å²) < 4.78 is 0. The lowest BCUT2D eigenvalue weighted by Gasteiger charge is -2.22. The monoisotopic (exact) mass is 253 g/mol. The summed E-state index contributed by atoms with van der Waals surface area (Å²) in [6, 6.07) is 0. The molecule has 0 aromatic carbocycles. The standard InChI is InChI=1S/C11H19N5S/c1-8-10(14-7-15-11(8)16-12)13-6-9-2-4-17-5-3-9/h7,9H,2-6,12H2,1H3,(H2,13,14,15,16). The van der Waals surface area contributed by atoms with Crippen LogP contribution in [0.1, 0.15) is 18.4 Å². The van der Waals surface area contributed by atoms with Crippen molar-refractivity contribution in [3.8, 4) is 0 Å². The first kappa shape index (κ1) is 12.4. The highest BCUT2D eigenvalue weighted by molar-refractivity contribution is 7.99. The molecule has 5 nitrogen and oxygen atoms in total. The number of nitrogen functional groups attached to an aromatic ring is 1. The Kier molecular flexibility index (Phi) is 4.44. The molecule has 1 aromatic rings. The maximum Gasteiger partial charge on any atom is 0.148 e. The summed E-state index contributed by atoms with van der Waals surface area (Å²) >= 11 is 2.05. The minimum Gasteiger partial charge on any atom is -0.369 e. The van der Waals surface area contributed by atoms with Crippen LogP contribution in [0.3, 0.4) is 0 Å². The molecule has 1 fully saturated rings. The Hall–Kier alpha value is -1.01. The van der Waals surface area contributed by atoms with Crippen molar-refractivity contribution in [2.45, 2.75) is 19.8 Å². The van der Waals surface area contributed by atoms with Gasteiger partial charge in [-0.25, -0.2) is 15.8 Å². The molecular weight excluding hydrogens is 234 g/mol. The molecule has 0 amide bonds. The van der Waals surface area contributed by atoms with Gasteiger partial charge >= 0.3 is 0 Å². The van der Waals surface area contributed by atoms with Crippen molar-refractivity contribution in [1.29, 1.82) is 0 Å². The van der Waals surface area contributed by atoms with Gasteiger partial charge in [0.1, 0.15) is 18.0 Å². The molecule has 0 atom stereocenters. The molecule has 94 valence electrons. The number of rotatable bonds is 4. The van der Waals surface area contributed by atoms with Crippen LogP contribution >= 0.6 is 11.8 Å². The van der Waals surface area contributed by atoms with Gasteiger partial charge in [0.15, 0.2) is 0 Å². The number of hydrogen-bond donors (Lipinski definition) is 3.